The van der Waals surface area contributed by atoms with E-state index in [0.29, 0.717) is 5.82 Å². The number of carbonyl (C=O) groups excluding carboxylic acids is 1. The number of rotatable bonds is 4. The van der Waals surface area contributed by atoms with Crippen LogP contribution in [0.1, 0.15) is 36.3 Å². The van der Waals surface area contributed by atoms with Gasteiger partial charge in [0.1, 0.15) is 5.75 Å². The van der Waals surface area contributed by atoms with Gasteiger partial charge in [-0.1, -0.05) is 6.07 Å². The van der Waals surface area contributed by atoms with Crippen LogP contribution in [0.2, 0.25) is 0 Å². The van der Waals surface area contributed by atoms with Crippen molar-refractivity contribution < 1.29 is 9.53 Å². The van der Waals surface area contributed by atoms with Gasteiger partial charge in [-0.2, -0.15) is 0 Å². The highest BCUT2D eigenvalue weighted by molar-refractivity contribution is 5.90. The van der Waals surface area contributed by atoms with Crippen molar-refractivity contribution in [1.82, 2.24) is 20.3 Å². The number of aromatic amines is 1. The molecule has 2 heterocycles. The van der Waals surface area contributed by atoms with Gasteiger partial charge < -0.3 is 15.0 Å². The molecule has 0 bridgehead atoms. The molecule has 0 spiro atoms. The van der Waals surface area contributed by atoms with Gasteiger partial charge in [-0.25, -0.2) is 4.98 Å². The van der Waals surface area contributed by atoms with Gasteiger partial charge in [-0.05, 0) is 49.9 Å². The molecule has 1 aromatic carbocycles. The normalized spacial score (nSPS) is 20.3. The zero-order chi connectivity index (χ0) is 17.1. The summed E-state index contributed by atoms with van der Waals surface area (Å²) in [6, 6.07) is 10.1. The Bertz CT molecular complexity index is 855. The fourth-order valence-corrected chi connectivity index (χ4v) is 3.29. The minimum Gasteiger partial charge on any atom is -0.490 e. The Labute approximate surface area is 145 Å². The third kappa shape index (κ3) is 3.63. The molecule has 2 N–H and O–H groups in total. The standard InChI is InChI=1S/C19H20N4O2/c24-19(18-21-10-11-22-18)23-14-3-5-15(6-4-14)25-16-7-8-17-13(12-16)2-1-9-20-17/h1-2,7-12,14-15H,3-6H2,(H,21,22)(H,23,24). The summed E-state index contributed by atoms with van der Waals surface area (Å²) in [5.74, 6) is 1.10. The number of benzene rings is 1. The van der Waals surface area contributed by atoms with Crippen LogP contribution in [-0.2, 0) is 0 Å². The Morgan fingerprint density at radius 3 is 2.80 bits per heavy atom. The quantitative estimate of drug-likeness (QED) is 0.767. The van der Waals surface area contributed by atoms with Gasteiger partial charge in [-0.3, -0.25) is 9.78 Å². The maximum atomic E-state index is 12.0. The lowest BCUT2D eigenvalue weighted by atomic mass is 9.93. The van der Waals surface area contributed by atoms with E-state index in [1.807, 2.05) is 30.3 Å². The molecule has 0 aliphatic heterocycles. The number of carbonyl (C=O) groups is 1. The number of nitrogens with one attached hydrogen (secondary N) is 2. The third-order valence-corrected chi connectivity index (χ3v) is 4.60. The average molecular weight is 336 g/mol. The van der Waals surface area contributed by atoms with Gasteiger partial charge in [0.25, 0.3) is 5.91 Å². The maximum absolute atomic E-state index is 12.0. The predicted molar refractivity (Wildman–Crippen MR) is 94.5 cm³/mol. The van der Waals surface area contributed by atoms with Crippen LogP contribution >= 0.6 is 0 Å². The summed E-state index contributed by atoms with van der Waals surface area (Å²) in [6.07, 6.45) is 8.88. The molecular weight excluding hydrogens is 316 g/mol. The minimum atomic E-state index is -0.142. The lowest BCUT2D eigenvalue weighted by molar-refractivity contribution is 0.0885. The highest BCUT2D eigenvalue weighted by Gasteiger charge is 2.24. The van der Waals surface area contributed by atoms with Gasteiger partial charge in [0.05, 0.1) is 11.6 Å². The number of hydrogen-bond acceptors (Lipinski definition) is 4. The summed E-state index contributed by atoms with van der Waals surface area (Å²) in [5, 5.41) is 4.12. The van der Waals surface area contributed by atoms with E-state index < -0.39 is 0 Å². The summed E-state index contributed by atoms with van der Waals surface area (Å²) in [7, 11) is 0. The molecule has 0 saturated heterocycles. The third-order valence-electron chi connectivity index (χ3n) is 4.60. The van der Waals surface area contributed by atoms with Crippen molar-refractivity contribution in [2.45, 2.75) is 37.8 Å². The Kier molecular flexibility index (Phi) is 4.33. The Balaban J connectivity index is 1.31. The summed E-state index contributed by atoms with van der Waals surface area (Å²) in [4.78, 5) is 23.2. The van der Waals surface area contributed by atoms with Crippen LogP contribution in [0.4, 0.5) is 0 Å². The molecule has 2 aromatic heterocycles. The summed E-state index contributed by atoms with van der Waals surface area (Å²) >= 11 is 0. The maximum Gasteiger partial charge on any atom is 0.287 e. The smallest absolute Gasteiger partial charge is 0.287 e. The van der Waals surface area contributed by atoms with E-state index in [-0.39, 0.29) is 18.1 Å². The molecule has 0 unspecified atom stereocenters. The van der Waals surface area contributed by atoms with Gasteiger partial charge in [0, 0.05) is 30.0 Å². The van der Waals surface area contributed by atoms with Crippen LogP contribution < -0.4 is 10.1 Å². The first-order valence-electron chi connectivity index (χ1n) is 8.59. The van der Waals surface area contributed by atoms with E-state index in [1.54, 1.807) is 18.6 Å². The molecule has 0 radical (unpaired) electrons. The first-order valence-corrected chi connectivity index (χ1v) is 8.59. The molecule has 0 atom stereocenters. The second kappa shape index (κ2) is 6.93. The topological polar surface area (TPSA) is 79.9 Å². The van der Waals surface area contributed by atoms with Crippen molar-refractivity contribution in [2.24, 2.45) is 0 Å². The molecule has 6 nitrogen and oxygen atoms in total. The number of imidazole rings is 1. The first kappa shape index (κ1) is 15.6. The number of ether oxygens (including phenoxy) is 1. The van der Waals surface area contributed by atoms with E-state index in [9.17, 15) is 4.79 Å². The first-order chi connectivity index (χ1) is 12.3. The molecule has 1 amide bonds. The fourth-order valence-electron chi connectivity index (χ4n) is 3.29. The van der Waals surface area contributed by atoms with Crippen molar-refractivity contribution in [3.63, 3.8) is 0 Å². The molecule has 1 fully saturated rings. The summed E-state index contributed by atoms with van der Waals surface area (Å²) < 4.78 is 6.13. The highest BCUT2D eigenvalue weighted by atomic mass is 16.5. The van der Waals surface area contributed by atoms with E-state index in [2.05, 4.69) is 20.3 Å². The molecule has 25 heavy (non-hydrogen) atoms. The lowest BCUT2D eigenvalue weighted by Crippen LogP contribution is -2.40. The number of H-pyrrole nitrogens is 1. The fraction of sp³-hybridized carbons (Fsp3) is 0.316. The Morgan fingerprint density at radius 1 is 1.12 bits per heavy atom. The van der Waals surface area contributed by atoms with Gasteiger partial charge in [0.2, 0.25) is 0 Å². The largest absolute Gasteiger partial charge is 0.490 e. The lowest BCUT2D eigenvalue weighted by Gasteiger charge is -2.29. The van der Waals surface area contributed by atoms with E-state index in [1.165, 1.54) is 0 Å². The molecule has 128 valence electrons. The van der Waals surface area contributed by atoms with Crippen LogP contribution in [0.5, 0.6) is 5.75 Å². The van der Waals surface area contributed by atoms with Gasteiger partial charge >= 0.3 is 0 Å². The molecule has 1 aliphatic rings. The number of amides is 1. The second-order valence-corrected chi connectivity index (χ2v) is 6.36. The monoisotopic (exact) mass is 336 g/mol. The van der Waals surface area contributed by atoms with E-state index >= 15 is 0 Å². The highest BCUT2D eigenvalue weighted by Crippen LogP contribution is 2.26. The Hall–Kier alpha value is -2.89. The number of pyridine rings is 1. The number of hydrogen-bond donors (Lipinski definition) is 2. The van der Waals surface area contributed by atoms with Gasteiger partial charge in [0.15, 0.2) is 5.82 Å². The SMILES string of the molecule is O=C(NC1CCC(Oc2ccc3ncccc3c2)CC1)c1ncc[nH]1. The minimum absolute atomic E-state index is 0.142. The van der Waals surface area contributed by atoms with Crippen molar-refractivity contribution in [3.8, 4) is 5.75 Å². The van der Waals surface area contributed by atoms with Crippen LogP contribution in [0.15, 0.2) is 48.9 Å². The van der Waals surface area contributed by atoms with Crippen molar-refractivity contribution in [1.29, 1.82) is 0 Å². The van der Waals surface area contributed by atoms with Crippen molar-refractivity contribution in [2.75, 3.05) is 0 Å². The van der Waals surface area contributed by atoms with Gasteiger partial charge in [-0.15, -0.1) is 0 Å². The van der Waals surface area contributed by atoms with Crippen molar-refractivity contribution >= 4 is 16.8 Å². The van der Waals surface area contributed by atoms with Crippen LogP contribution in [0, 0.1) is 0 Å². The average Bonchev–Trinajstić information content (AvgIpc) is 3.18. The molecular formula is C19H20N4O2. The van der Waals surface area contributed by atoms with Crippen LogP contribution in [0.3, 0.4) is 0 Å². The second-order valence-electron chi connectivity index (χ2n) is 6.36. The number of fused-ring (bicyclic) bond motifs is 1. The zero-order valence-electron chi connectivity index (χ0n) is 13.8. The van der Waals surface area contributed by atoms with Crippen molar-refractivity contribution in [3.05, 3.63) is 54.7 Å². The molecule has 1 aliphatic carbocycles. The Morgan fingerprint density at radius 2 is 2.00 bits per heavy atom. The molecule has 6 heteroatoms. The zero-order valence-corrected chi connectivity index (χ0v) is 13.8. The summed E-state index contributed by atoms with van der Waals surface area (Å²) in [6.45, 7) is 0. The predicted octanol–water partition coefficient (Wildman–Crippen LogP) is 3.08. The van der Waals surface area contributed by atoms with E-state index in [4.69, 9.17) is 4.74 Å². The van der Waals surface area contributed by atoms with Crippen LogP contribution in [-0.4, -0.2) is 33.0 Å². The molecule has 4 rings (SSSR count). The molecule has 3 aromatic rings. The van der Waals surface area contributed by atoms with Crippen LogP contribution in [0.25, 0.3) is 10.9 Å². The van der Waals surface area contributed by atoms with E-state index in [0.717, 1.165) is 42.3 Å². The summed E-state index contributed by atoms with van der Waals surface area (Å²) in [5.41, 5.74) is 0.971. The number of aromatic nitrogens is 3. The number of nitrogens with zero attached hydrogens (tertiary/aromatic N) is 2. The molecule has 1 saturated carbocycles.